The fourth-order valence-electron chi connectivity index (χ4n) is 2.68. The maximum absolute atomic E-state index is 12.3. The maximum atomic E-state index is 12.3. The van der Waals surface area contributed by atoms with Gasteiger partial charge in [0, 0.05) is 0 Å². The van der Waals surface area contributed by atoms with Crippen molar-refractivity contribution in [3.05, 3.63) is 42.0 Å². The molecule has 2 aromatic rings. The van der Waals surface area contributed by atoms with Gasteiger partial charge >= 0.3 is 5.97 Å². The molecule has 0 fully saturated rings. The van der Waals surface area contributed by atoms with Gasteiger partial charge in [-0.15, -0.1) is 0 Å². The number of carboxylic acids is 1. The quantitative estimate of drug-likeness (QED) is 0.819. The lowest BCUT2D eigenvalue weighted by Crippen LogP contribution is -2.45. The molecule has 0 saturated heterocycles. The number of methoxy groups -OCH3 is 1. The predicted molar refractivity (Wildman–Crippen MR) is 93.2 cm³/mol. The Kier molecular flexibility index (Phi) is 5.79. The topological polar surface area (TPSA) is 75.6 Å². The second-order valence-electron chi connectivity index (χ2n) is 5.95. The first kappa shape index (κ1) is 17.8. The van der Waals surface area contributed by atoms with E-state index in [0.717, 1.165) is 22.1 Å². The summed E-state index contributed by atoms with van der Waals surface area (Å²) in [5.41, 5.74) is 0.845. The van der Waals surface area contributed by atoms with Gasteiger partial charge in [0.1, 0.15) is 11.8 Å². The minimum Gasteiger partial charge on any atom is -0.497 e. The summed E-state index contributed by atoms with van der Waals surface area (Å²) in [6.07, 6.45) is 0.813. The van der Waals surface area contributed by atoms with Crippen LogP contribution >= 0.6 is 0 Å². The number of nitrogens with one attached hydrogen (secondary N) is 1. The zero-order valence-corrected chi connectivity index (χ0v) is 14.2. The molecule has 0 radical (unpaired) electrons. The van der Waals surface area contributed by atoms with Crippen molar-refractivity contribution < 1.29 is 19.4 Å². The number of amides is 1. The van der Waals surface area contributed by atoms with Crippen LogP contribution in [0.15, 0.2) is 36.4 Å². The van der Waals surface area contributed by atoms with Gasteiger partial charge in [-0.25, -0.2) is 4.79 Å². The largest absolute Gasteiger partial charge is 0.497 e. The molecule has 2 N–H and O–H groups in total. The summed E-state index contributed by atoms with van der Waals surface area (Å²) in [7, 11) is 1.60. The average molecular weight is 329 g/mol. The first-order valence-electron chi connectivity index (χ1n) is 8.04. The van der Waals surface area contributed by atoms with Gasteiger partial charge in [0.05, 0.1) is 13.5 Å². The third kappa shape index (κ3) is 4.04. The van der Waals surface area contributed by atoms with Crippen LogP contribution in [0.5, 0.6) is 5.75 Å². The van der Waals surface area contributed by atoms with Crippen molar-refractivity contribution in [1.29, 1.82) is 0 Å². The third-order valence-corrected chi connectivity index (χ3v) is 4.33. The summed E-state index contributed by atoms with van der Waals surface area (Å²) < 4.78 is 5.25. The van der Waals surface area contributed by atoms with Gasteiger partial charge in [0.25, 0.3) is 0 Å². The van der Waals surface area contributed by atoms with Crippen LogP contribution in [0.1, 0.15) is 25.8 Å². The van der Waals surface area contributed by atoms with Crippen molar-refractivity contribution in [2.75, 3.05) is 7.11 Å². The molecule has 2 unspecified atom stereocenters. The van der Waals surface area contributed by atoms with Gasteiger partial charge in [-0.3, -0.25) is 4.79 Å². The molecule has 0 aliphatic heterocycles. The van der Waals surface area contributed by atoms with E-state index in [1.54, 1.807) is 7.11 Å². The number of carboxylic acid groups (broad SMARTS) is 1. The third-order valence-electron chi connectivity index (χ3n) is 4.33. The summed E-state index contributed by atoms with van der Waals surface area (Å²) in [5, 5.41) is 13.9. The number of ether oxygens (including phenoxy) is 1. The Balaban J connectivity index is 2.22. The molecular formula is C19H23NO4. The van der Waals surface area contributed by atoms with Crippen LogP contribution in [-0.4, -0.2) is 30.1 Å². The SMILES string of the molecule is CCC(C)C(NC(=O)Cc1cccc2ccc(OC)cc12)C(=O)O. The molecule has 0 heterocycles. The van der Waals surface area contributed by atoms with E-state index in [1.807, 2.05) is 50.2 Å². The molecule has 5 heteroatoms. The number of carbonyl (C=O) groups is 2. The molecule has 0 bridgehead atoms. The number of benzene rings is 2. The highest BCUT2D eigenvalue weighted by atomic mass is 16.5. The normalized spacial score (nSPS) is 13.3. The van der Waals surface area contributed by atoms with Crippen LogP contribution in [-0.2, 0) is 16.0 Å². The van der Waals surface area contributed by atoms with Crippen LogP contribution in [0.2, 0.25) is 0 Å². The van der Waals surface area contributed by atoms with Crippen molar-refractivity contribution >= 4 is 22.6 Å². The van der Waals surface area contributed by atoms with Gasteiger partial charge in [0.2, 0.25) is 5.91 Å². The first-order valence-corrected chi connectivity index (χ1v) is 8.04. The fraction of sp³-hybridized carbons (Fsp3) is 0.368. The number of carbonyl (C=O) groups excluding carboxylic acids is 1. The van der Waals surface area contributed by atoms with E-state index in [1.165, 1.54) is 0 Å². The smallest absolute Gasteiger partial charge is 0.326 e. The van der Waals surface area contributed by atoms with Gasteiger partial charge in [-0.1, -0.05) is 44.5 Å². The van der Waals surface area contributed by atoms with Crippen LogP contribution in [0.25, 0.3) is 10.8 Å². The second-order valence-corrected chi connectivity index (χ2v) is 5.95. The van der Waals surface area contributed by atoms with Crippen LogP contribution in [0.3, 0.4) is 0 Å². The van der Waals surface area contributed by atoms with Gasteiger partial charge < -0.3 is 15.2 Å². The number of hydrogen-bond acceptors (Lipinski definition) is 3. The van der Waals surface area contributed by atoms with E-state index in [2.05, 4.69) is 5.32 Å². The lowest BCUT2D eigenvalue weighted by atomic mass is 9.98. The summed E-state index contributed by atoms with van der Waals surface area (Å²) in [4.78, 5) is 23.7. The number of hydrogen-bond donors (Lipinski definition) is 2. The Hall–Kier alpha value is -2.56. The molecule has 0 aliphatic rings. The molecular weight excluding hydrogens is 306 g/mol. The zero-order valence-electron chi connectivity index (χ0n) is 14.2. The number of fused-ring (bicyclic) bond motifs is 1. The molecule has 1 amide bonds. The summed E-state index contributed by atoms with van der Waals surface area (Å²) in [6, 6.07) is 10.6. The van der Waals surface area contributed by atoms with Crippen molar-refractivity contribution in [2.24, 2.45) is 5.92 Å². The highest BCUT2D eigenvalue weighted by Gasteiger charge is 2.25. The van der Waals surface area contributed by atoms with Crippen molar-refractivity contribution in [3.8, 4) is 5.75 Å². The van der Waals surface area contributed by atoms with Crippen molar-refractivity contribution in [2.45, 2.75) is 32.7 Å². The number of rotatable bonds is 7. The molecule has 2 aromatic carbocycles. The van der Waals surface area contributed by atoms with E-state index in [9.17, 15) is 14.7 Å². The van der Waals surface area contributed by atoms with Crippen molar-refractivity contribution in [1.82, 2.24) is 5.32 Å². The molecule has 5 nitrogen and oxygen atoms in total. The average Bonchev–Trinajstić information content (AvgIpc) is 2.58. The van der Waals surface area contributed by atoms with E-state index in [-0.39, 0.29) is 18.2 Å². The van der Waals surface area contributed by atoms with Gasteiger partial charge in [0.15, 0.2) is 0 Å². The minimum absolute atomic E-state index is 0.126. The molecule has 0 saturated carbocycles. The van der Waals surface area contributed by atoms with E-state index < -0.39 is 12.0 Å². The lowest BCUT2D eigenvalue weighted by molar-refractivity contribution is -0.143. The molecule has 0 aliphatic carbocycles. The summed E-state index contributed by atoms with van der Waals surface area (Å²) >= 11 is 0. The Morgan fingerprint density at radius 1 is 1.25 bits per heavy atom. The first-order chi connectivity index (χ1) is 11.5. The Morgan fingerprint density at radius 2 is 2.00 bits per heavy atom. The molecule has 2 rings (SSSR count). The van der Waals surface area contributed by atoms with Gasteiger partial charge in [-0.2, -0.15) is 0 Å². The lowest BCUT2D eigenvalue weighted by Gasteiger charge is -2.20. The Bertz CT molecular complexity index is 741. The van der Waals surface area contributed by atoms with E-state index in [0.29, 0.717) is 6.42 Å². The molecule has 24 heavy (non-hydrogen) atoms. The molecule has 0 aromatic heterocycles. The molecule has 2 atom stereocenters. The fourth-order valence-corrected chi connectivity index (χ4v) is 2.68. The van der Waals surface area contributed by atoms with Crippen molar-refractivity contribution in [3.63, 3.8) is 0 Å². The number of aliphatic carboxylic acids is 1. The van der Waals surface area contributed by atoms with Crippen LogP contribution in [0.4, 0.5) is 0 Å². The minimum atomic E-state index is -1.00. The standard InChI is InChI=1S/C19H23NO4/c1-4-12(2)18(19(22)23)20-17(21)10-14-7-5-6-13-8-9-15(24-3)11-16(13)14/h5-9,11-12,18H,4,10H2,1-3H3,(H,20,21)(H,22,23). The summed E-state index contributed by atoms with van der Waals surface area (Å²) in [6.45, 7) is 3.73. The highest BCUT2D eigenvalue weighted by molar-refractivity contribution is 5.92. The van der Waals surface area contributed by atoms with Crippen LogP contribution < -0.4 is 10.1 Å². The Morgan fingerprint density at radius 3 is 2.62 bits per heavy atom. The monoisotopic (exact) mass is 329 g/mol. The van der Waals surface area contributed by atoms with Gasteiger partial charge in [-0.05, 0) is 34.4 Å². The van der Waals surface area contributed by atoms with E-state index >= 15 is 0 Å². The predicted octanol–water partition coefficient (Wildman–Crippen LogP) is 3.01. The summed E-state index contributed by atoms with van der Waals surface area (Å²) in [5.74, 6) is -0.701. The van der Waals surface area contributed by atoms with Crippen LogP contribution in [0, 0.1) is 5.92 Å². The molecule has 0 spiro atoms. The second kappa shape index (κ2) is 7.81. The zero-order chi connectivity index (χ0) is 17.7. The molecule has 128 valence electrons. The Labute approximate surface area is 141 Å². The van der Waals surface area contributed by atoms with E-state index in [4.69, 9.17) is 4.74 Å². The maximum Gasteiger partial charge on any atom is 0.326 e. The highest BCUT2D eigenvalue weighted by Crippen LogP contribution is 2.24.